The Balaban J connectivity index is 1.94. The van der Waals surface area contributed by atoms with Crippen LogP contribution in [0, 0.1) is 11.7 Å². The highest BCUT2D eigenvalue weighted by molar-refractivity contribution is 6.30. The van der Waals surface area contributed by atoms with Crippen molar-refractivity contribution >= 4 is 29.3 Å². The molecule has 0 aliphatic carbocycles. The maximum absolute atomic E-state index is 13.4. The molecule has 2 rings (SSSR count). The molecule has 1 heterocycles. The predicted molar refractivity (Wildman–Crippen MR) is 63.1 cm³/mol. The number of hydrogen-bond donors (Lipinski definition) is 2. The molecule has 1 aromatic rings. The molecule has 1 saturated heterocycles. The zero-order chi connectivity index (χ0) is 13.3. The van der Waals surface area contributed by atoms with Crippen molar-refractivity contribution in [3.63, 3.8) is 0 Å². The SMILES string of the molecule is O=C(O)C1CN(C(=O)Nc2ccc(Cl)cc2F)C1. The van der Waals surface area contributed by atoms with Crippen LogP contribution < -0.4 is 5.32 Å². The van der Waals surface area contributed by atoms with Crippen molar-refractivity contribution in [2.45, 2.75) is 0 Å². The number of anilines is 1. The molecule has 1 aliphatic rings. The molecule has 0 unspecified atom stereocenters. The molecule has 1 aliphatic heterocycles. The van der Waals surface area contributed by atoms with E-state index < -0.39 is 23.7 Å². The molecular formula is C11H10ClFN2O3. The maximum atomic E-state index is 13.4. The Kier molecular flexibility index (Phi) is 3.38. The molecular weight excluding hydrogens is 263 g/mol. The molecule has 2 N–H and O–H groups in total. The Hall–Kier alpha value is -1.82. The molecule has 0 aromatic heterocycles. The smallest absolute Gasteiger partial charge is 0.321 e. The van der Waals surface area contributed by atoms with E-state index in [4.69, 9.17) is 16.7 Å². The van der Waals surface area contributed by atoms with Gasteiger partial charge in [0.1, 0.15) is 5.82 Å². The van der Waals surface area contributed by atoms with Crippen molar-refractivity contribution in [1.29, 1.82) is 0 Å². The zero-order valence-electron chi connectivity index (χ0n) is 9.19. The van der Waals surface area contributed by atoms with Crippen molar-refractivity contribution in [2.75, 3.05) is 18.4 Å². The fraction of sp³-hybridized carbons (Fsp3) is 0.273. The summed E-state index contributed by atoms with van der Waals surface area (Å²) >= 11 is 5.58. The average Bonchev–Trinajstić information content (AvgIpc) is 2.19. The third kappa shape index (κ3) is 2.53. The first-order chi connectivity index (χ1) is 8.47. The second-order valence-electron chi connectivity index (χ2n) is 3.99. The lowest BCUT2D eigenvalue weighted by atomic mass is 10.0. The van der Waals surface area contributed by atoms with Crippen LogP contribution in [0.4, 0.5) is 14.9 Å². The van der Waals surface area contributed by atoms with E-state index in [9.17, 15) is 14.0 Å². The van der Waals surface area contributed by atoms with Gasteiger partial charge < -0.3 is 15.3 Å². The van der Waals surface area contributed by atoms with E-state index in [2.05, 4.69) is 5.32 Å². The van der Waals surface area contributed by atoms with E-state index in [-0.39, 0.29) is 23.8 Å². The van der Waals surface area contributed by atoms with Gasteiger partial charge in [-0.1, -0.05) is 11.6 Å². The molecule has 5 nitrogen and oxygen atoms in total. The largest absolute Gasteiger partial charge is 0.481 e. The monoisotopic (exact) mass is 272 g/mol. The van der Waals surface area contributed by atoms with E-state index in [1.807, 2.05) is 0 Å². The lowest BCUT2D eigenvalue weighted by Gasteiger charge is -2.36. The summed E-state index contributed by atoms with van der Waals surface area (Å²) in [5.74, 6) is -2.10. The Bertz CT molecular complexity index is 503. The Morgan fingerprint density at radius 2 is 2.11 bits per heavy atom. The molecule has 18 heavy (non-hydrogen) atoms. The van der Waals surface area contributed by atoms with Crippen LogP contribution in [0.3, 0.4) is 0 Å². The van der Waals surface area contributed by atoms with Crippen LogP contribution in [0.15, 0.2) is 18.2 Å². The number of likely N-dealkylation sites (tertiary alicyclic amines) is 1. The van der Waals surface area contributed by atoms with E-state index >= 15 is 0 Å². The number of rotatable bonds is 2. The minimum atomic E-state index is -0.934. The number of aliphatic carboxylic acids is 1. The van der Waals surface area contributed by atoms with Gasteiger partial charge in [-0.05, 0) is 18.2 Å². The lowest BCUT2D eigenvalue weighted by molar-refractivity contribution is -0.145. The Labute approximate surface area is 107 Å². The van der Waals surface area contributed by atoms with Gasteiger partial charge in [-0.15, -0.1) is 0 Å². The van der Waals surface area contributed by atoms with Crippen molar-refractivity contribution in [1.82, 2.24) is 4.90 Å². The molecule has 96 valence electrons. The number of halogens is 2. The summed E-state index contributed by atoms with van der Waals surface area (Å²) in [6.45, 7) is 0.271. The summed E-state index contributed by atoms with van der Waals surface area (Å²) < 4.78 is 13.4. The van der Waals surface area contributed by atoms with E-state index in [0.29, 0.717) is 0 Å². The summed E-state index contributed by atoms with van der Waals surface area (Å²) in [4.78, 5) is 23.5. The number of carbonyl (C=O) groups excluding carboxylic acids is 1. The minimum Gasteiger partial charge on any atom is -0.481 e. The van der Waals surface area contributed by atoms with Crippen LogP contribution in [0.1, 0.15) is 0 Å². The topological polar surface area (TPSA) is 69.6 Å². The molecule has 0 bridgehead atoms. The number of carbonyl (C=O) groups is 2. The zero-order valence-corrected chi connectivity index (χ0v) is 9.95. The van der Waals surface area contributed by atoms with E-state index in [1.54, 1.807) is 0 Å². The summed E-state index contributed by atoms with van der Waals surface area (Å²) in [7, 11) is 0. The van der Waals surface area contributed by atoms with Crippen LogP contribution in [0.25, 0.3) is 0 Å². The molecule has 0 radical (unpaired) electrons. The van der Waals surface area contributed by atoms with Crippen LogP contribution in [-0.4, -0.2) is 35.1 Å². The van der Waals surface area contributed by atoms with Gasteiger partial charge in [0, 0.05) is 18.1 Å². The highest BCUT2D eigenvalue weighted by Crippen LogP contribution is 2.21. The molecule has 0 saturated carbocycles. The van der Waals surface area contributed by atoms with Gasteiger partial charge in [-0.25, -0.2) is 9.18 Å². The summed E-state index contributed by atoms with van der Waals surface area (Å²) in [6, 6.07) is 3.38. The first-order valence-electron chi connectivity index (χ1n) is 5.21. The summed E-state index contributed by atoms with van der Waals surface area (Å²) in [6.07, 6.45) is 0. The maximum Gasteiger partial charge on any atom is 0.321 e. The summed E-state index contributed by atoms with van der Waals surface area (Å²) in [5.41, 5.74) is 0.0168. The highest BCUT2D eigenvalue weighted by Gasteiger charge is 2.35. The number of nitrogens with one attached hydrogen (secondary N) is 1. The van der Waals surface area contributed by atoms with Gasteiger partial charge >= 0.3 is 12.0 Å². The number of carboxylic acid groups (broad SMARTS) is 1. The predicted octanol–water partition coefficient (Wildman–Crippen LogP) is 2.03. The van der Waals surface area contributed by atoms with Crippen molar-refractivity contribution in [2.24, 2.45) is 5.92 Å². The van der Waals surface area contributed by atoms with Crippen molar-refractivity contribution in [3.8, 4) is 0 Å². The third-order valence-electron chi connectivity index (χ3n) is 2.69. The van der Waals surface area contributed by atoms with E-state index in [0.717, 1.165) is 6.07 Å². The fourth-order valence-electron chi connectivity index (χ4n) is 1.59. The lowest BCUT2D eigenvalue weighted by Crippen LogP contribution is -2.54. The molecule has 0 atom stereocenters. The second kappa shape index (κ2) is 4.81. The minimum absolute atomic E-state index is 0.0168. The quantitative estimate of drug-likeness (QED) is 0.865. The second-order valence-corrected chi connectivity index (χ2v) is 4.43. The standard InChI is InChI=1S/C11H10ClFN2O3/c12-7-1-2-9(8(13)3-7)14-11(18)15-4-6(5-15)10(16)17/h1-3,6H,4-5H2,(H,14,18)(H,16,17). The van der Waals surface area contributed by atoms with Gasteiger partial charge in [0.25, 0.3) is 0 Å². The average molecular weight is 273 g/mol. The van der Waals surface area contributed by atoms with Gasteiger partial charge in [0.05, 0.1) is 11.6 Å². The van der Waals surface area contributed by atoms with Gasteiger partial charge in [0.15, 0.2) is 0 Å². The molecule has 1 fully saturated rings. The van der Waals surface area contributed by atoms with Gasteiger partial charge in [-0.2, -0.15) is 0 Å². The normalized spacial score (nSPS) is 15.1. The van der Waals surface area contributed by atoms with Gasteiger partial charge in [-0.3, -0.25) is 4.79 Å². The van der Waals surface area contributed by atoms with Crippen LogP contribution in [0.2, 0.25) is 5.02 Å². The number of carboxylic acids is 1. The molecule has 0 spiro atoms. The molecule has 7 heteroatoms. The number of nitrogens with zero attached hydrogens (tertiary/aromatic N) is 1. The van der Waals surface area contributed by atoms with Crippen LogP contribution in [0.5, 0.6) is 0 Å². The number of urea groups is 1. The highest BCUT2D eigenvalue weighted by atomic mass is 35.5. The third-order valence-corrected chi connectivity index (χ3v) is 2.93. The van der Waals surface area contributed by atoms with Gasteiger partial charge in [0.2, 0.25) is 0 Å². The summed E-state index contributed by atoms with van der Waals surface area (Å²) in [5, 5.41) is 11.3. The Morgan fingerprint density at radius 3 is 2.67 bits per heavy atom. The van der Waals surface area contributed by atoms with Crippen molar-refractivity contribution < 1.29 is 19.1 Å². The number of amides is 2. The number of hydrogen-bond acceptors (Lipinski definition) is 2. The number of benzene rings is 1. The van der Waals surface area contributed by atoms with E-state index in [1.165, 1.54) is 17.0 Å². The van der Waals surface area contributed by atoms with Crippen molar-refractivity contribution in [3.05, 3.63) is 29.0 Å². The molecule has 2 amide bonds. The van der Waals surface area contributed by atoms with Crippen LogP contribution in [-0.2, 0) is 4.79 Å². The Morgan fingerprint density at radius 1 is 1.44 bits per heavy atom. The van der Waals surface area contributed by atoms with Crippen LogP contribution >= 0.6 is 11.6 Å². The fourth-order valence-corrected chi connectivity index (χ4v) is 1.74. The first kappa shape index (κ1) is 12.6. The molecule has 1 aromatic carbocycles. The first-order valence-corrected chi connectivity index (χ1v) is 5.59.